The lowest BCUT2D eigenvalue weighted by atomic mass is 9.65. The Morgan fingerprint density at radius 1 is 1.26 bits per heavy atom. The Balaban J connectivity index is 2.11. The predicted octanol–water partition coefficient (Wildman–Crippen LogP) is 3.50. The van der Waals surface area contributed by atoms with E-state index in [9.17, 15) is 30.0 Å². The number of hydrogen-bond acceptors (Lipinski definition) is 5. The number of allylic oxidation sites excluding steroid dienone is 1. The minimum Gasteiger partial charge on any atom is -0.508 e. The number of aliphatic carboxylic acids is 1. The second-order valence-electron chi connectivity index (χ2n) is 8.01. The highest BCUT2D eigenvalue weighted by atomic mass is 16.4. The summed E-state index contributed by atoms with van der Waals surface area (Å²) in [6.07, 6.45) is 2.67. The van der Waals surface area contributed by atoms with E-state index in [2.05, 4.69) is 0 Å². The summed E-state index contributed by atoms with van der Waals surface area (Å²) >= 11 is 0. The van der Waals surface area contributed by atoms with Gasteiger partial charge in [-0.25, -0.2) is 0 Å². The second-order valence-corrected chi connectivity index (χ2v) is 8.01. The highest BCUT2D eigenvalue weighted by Crippen LogP contribution is 2.44. The molecule has 1 aromatic carbocycles. The predicted molar refractivity (Wildman–Crippen MR) is 101 cm³/mol. The summed E-state index contributed by atoms with van der Waals surface area (Å²) in [5.74, 6) is -2.90. The van der Waals surface area contributed by atoms with E-state index >= 15 is 0 Å². The van der Waals surface area contributed by atoms with E-state index in [0.29, 0.717) is 12.8 Å². The van der Waals surface area contributed by atoms with E-state index in [1.165, 1.54) is 12.1 Å². The first kappa shape index (κ1) is 21.0. The van der Waals surface area contributed by atoms with Gasteiger partial charge in [0.2, 0.25) is 0 Å². The summed E-state index contributed by atoms with van der Waals surface area (Å²) in [6, 6.07) is 3.61. The van der Waals surface area contributed by atoms with Crippen molar-refractivity contribution in [3.63, 3.8) is 0 Å². The van der Waals surface area contributed by atoms with Crippen molar-refractivity contribution in [1.29, 1.82) is 0 Å². The van der Waals surface area contributed by atoms with Crippen LogP contribution >= 0.6 is 0 Å². The molecule has 2 rings (SSSR count). The number of ketones is 1. The first-order chi connectivity index (χ1) is 12.5. The maximum absolute atomic E-state index is 12.4. The van der Waals surface area contributed by atoms with Gasteiger partial charge < -0.3 is 20.4 Å². The number of Topliss-reactive ketones (excluding diaryl/α,β-unsaturated/α-hetero) is 1. The lowest BCUT2D eigenvalue weighted by molar-refractivity contribution is -0.142. The van der Waals surface area contributed by atoms with Gasteiger partial charge in [-0.3, -0.25) is 9.59 Å². The molecule has 0 saturated carbocycles. The molecule has 1 aromatic rings. The van der Waals surface area contributed by atoms with Gasteiger partial charge in [-0.2, -0.15) is 0 Å². The average Bonchev–Trinajstić information content (AvgIpc) is 2.59. The maximum atomic E-state index is 12.4. The van der Waals surface area contributed by atoms with E-state index < -0.39 is 23.8 Å². The number of carboxylic acid groups (broad SMARTS) is 1. The van der Waals surface area contributed by atoms with Crippen molar-refractivity contribution in [3.05, 3.63) is 35.4 Å². The topological polar surface area (TPSA) is 115 Å². The summed E-state index contributed by atoms with van der Waals surface area (Å²) in [5, 5.41) is 39.1. The van der Waals surface area contributed by atoms with Crippen LogP contribution < -0.4 is 0 Å². The molecule has 0 spiro atoms. The van der Waals surface area contributed by atoms with Crippen LogP contribution in [0.15, 0.2) is 29.8 Å². The number of phenolic OH excluding ortho intramolecular Hbond substituents is 2. The van der Waals surface area contributed by atoms with Crippen LogP contribution in [0, 0.1) is 17.3 Å². The van der Waals surface area contributed by atoms with Crippen LogP contribution in [-0.4, -0.2) is 38.3 Å². The fourth-order valence-corrected chi connectivity index (χ4v) is 3.92. The van der Waals surface area contributed by atoms with Crippen LogP contribution in [0.3, 0.4) is 0 Å². The lowest BCUT2D eigenvalue weighted by Gasteiger charge is -2.42. The number of aromatic hydroxyl groups is 2. The van der Waals surface area contributed by atoms with Crippen molar-refractivity contribution in [1.82, 2.24) is 0 Å². The number of hydrogen-bond donors (Lipinski definition) is 4. The SMILES string of the molecule is CC1=CCC(O)C(C)(C)C1CCC(CC(=O)c1cc(O)ccc1O)C(=O)O. The molecule has 3 unspecified atom stereocenters. The van der Waals surface area contributed by atoms with Crippen LogP contribution in [0.4, 0.5) is 0 Å². The Morgan fingerprint density at radius 3 is 2.56 bits per heavy atom. The summed E-state index contributed by atoms with van der Waals surface area (Å²) in [5.41, 5.74) is 0.687. The van der Waals surface area contributed by atoms with E-state index in [1.54, 1.807) is 0 Å². The molecule has 6 nitrogen and oxygen atoms in total. The Bertz CT molecular complexity index is 749. The van der Waals surface area contributed by atoms with Gasteiger partial charge in [-0.15, -0.1) is 0 Å². The molecule has 0 radical (unpaired) electrons. The summed E-state index contributed by atoms with van der Waals surface area (Å²) in [6.45, 7) is 5.94. The number of carbonyl (C=O) groups excluding carboxylic acids is 1. The fraction of sp³-hybridized carbons (Fsp3) is 0.524. The smallest absolute Gasteiger partial charge is 0.306 e. The Morgan fingerprint density at radius 2 is 1.93 bits per heavy atom. The first-order valence-electron chi connectivity index (χ1n) is 9.16. The van der Waals surface area contributed by atoms with E-state index in [1.807, 2.05) is 26.8 Å². The summed E-state index contributed by atoms with van der Waals surface area (Å²) < 4.78 is 0. The van der Waals surface area contributed by atoms with Gasteiger partial charge in [-0.05, 0) is 55.7 Å². The van der Waals surface area contributed by atoms with E-state index in [-0.39, 0.29) is 41.2 Å². The number of rotatable bonds is 7. The zero-order valence-corrected chi connectivity index (χ0v) is 16.0. The van der Waals surface area contributed by atoms with Crippen molar-refractivity contribution >= 4 is 11.8 Å². The standard InChI is InChI=1S/C21H28O6/c1-12-4-9-19(25)21(2,3)16(12)7-5-13(20(26)27)10-18(24)15-11-14(22)6-8-17(15)23/h4,6,8,11,13,16,19,22-23,25H,5,7,9-10H2,1-3H3,(H,26,27). The second kappa shape index (κ2) is 8.13. The van der Waals surface area contributed by atoms with Gasteiger partial charge in [0.05, 0.1) is 17.6 Å². The molecule has 0 bridgehead atoms. The summed E-state index contributed by atoms with van der Waals surface area (Å²) in [4.78, 5) is 24.1. The number of aliphatic hydroxyl groups excluding tert-OH is 1. The number of aliphatic hydroxyl groups is 1. The average molecular weight is 376 g/mol. The minimum absolute atomic E-state index is 0.0346. The Labute approximate surface area is 159 Å². The molecule has 0 heterocycles. The van der Waals surface area contributed by atoms with E-state index in [4.69, 9.17) is 0 Å². The molecule has 3 atom stereocenters. The molecule has 4 N–H and O–H groups in total. The van der Waals surface area contributed by atoms with Gasteiger partial charge in [-0.1, -0.05) is 25.5 Å². The monoisotopic (exact) mass is 376 g/mol. The third-order valence-electron chi connectivity index (χ3n) is 5.84. The molecule has 1 aliphatic rings. The first-order valence-corrected chi connectivity index (χ1v) is 9.16. The van der Waals surface area contributed by atoms with Crippen LogP contribution in [-0.2, 0) is 4.79 Å². The van der Waals surface area contributed by atoms with Gasteiger partial charge in [0, 0.05) is 6.42 Å². The molecule has 0 saturated heterocycles. The molecule has 0 fully saturated rings. The highest BCUT2D eigenvalue weighted by Gasteiger charge is 2.40. The van der Waals surface area contributed by atoms with Crippen LogP contribution in [0.2, 0.25) is 0 Å². The van der Waals surface area contributed by atoms with Crippen LogP contribution in [0.1, 0.15) is 56.8 Å². The highest BCUT2D eigenvalue weighted by molar-refractivity contribution is 6.00. The number of carbonyl (C=O) groups is 2. The van der Waals surface area contributed by atoms with Gasteiger partial charge in [0.1, 0.15) is 11.5 Å². The molecule has 27 heavy (non-hydrogen) atoms. The van der Waals surface area contributed by atoms with Gasteiger partial charge in [0.25, 0.3) is 0 Å². The normalized spacial score (nSPS) is 22.7. The summed E-state index contributed by atoms with van der Waals surface area (Å²) in [7, 11) is 0. The molecular formula is C21H28O6. The molecule has 1 aliphatic carbocycles. The molecule has 148 valence electrons. The number of benzene rings is 1. The molecule has 0 aliphatic heterocycles. The van der Waals surface area contributed by atoms with Crippen molar-refractivity contribution in [2.24, 2.45) is 17.3 Å². The van der Waals surface area contributed by atoms with Crippen molar-refractivity contribution in [2.45, 2.75) is 52.6 Å². The molecular weight excluding hydrogens is 348 g/mol. The zero-order valence-electron chi connectivity index (χ0n) is 16.0. The minimum atomic E-state index is -1.07. The zero-order chi connectivity index (χ0) is 20.4. The van der Waals surface area contributed by atoms with Crippen molar-refractivity contribution < 1.29 is 30.0 Å². The molecule has 0 amide bonds. The van der Waals surface area contributed by atoms with Gasteiger partial charge in [0.15, 0.2) is 5.78 Å². The molecule has 6 heteroatoms. The largest absolute Gasteiger partial charge is 0.508 e. The Kier molecular flexibility index (Phi) is 6.31. The number of phenols is 2. The van der Waals surface area contributed by atoms with Gasteiger partial charge >= 0.3 is 5.97 Å². The van der Waals surface area contributed by atoms with Crippen LogP contribution in [0.25, 0.3) is 0 Å². The van der Waals surface area contributed by atoms with Crippen LogP contribution in [0.5, 0.6) is 11.5 Å². The third kappa shape index (κ3) is 4.69. The van der Waals surface area contributed by atoms with E-state index in [0.717, 1.165) is 11.6 Å². The number of carboxylic acids is 1. The van der Waals surface area contributed by atoms with Crippen molar-refractivity contribution in [2.75, 3.05) is 0 Å². The quantitative estimate of drug-likeness (QED) is 0.329. The lowest BCUT2D eigenvalue weighted by Crippen LogP contribution is -2.40. The molecule has 0 aromatic heterocycles. The third-order valence-corrected chi connectivity index (χ3v) is 5.84. The van der Waals surface area contributed by atoms with Crippen molar-refractivity contribution in [3.8, 4) is 11.5 Å². The fourth-order valence-electron chi connectivity index (χ4n) is 3.92. The maximum Gasteiger partial charge on any atom is 0.306 e. The Hall–Kier alpha value is -2.34.